The normalized spacial score (nSPS) is 20.8. The Morgan fingerprint density at radius 3 is 2.18 bits per heavy atom. The minimum absolute atomic E-state index is 0.145. The molecule has 0 aromatic carbocycles. The molecule has 98 valence electrons. The van der Waals surface area contributed by atoms with E-state index in [0.717, 1.165) is 32.4 Å². The van der Waals surface area contributed by atoms with Crippen LogP contribution in [0.5, 0.6) is 0 Å². The Morgan fingerprint density at radius 2 is 1.76 bits per heavy atom. The largest absolute Gasteiger partial charge is 0.480 e. The maximum atomic E-state index is 12.1. The van der Waals surface area contributed by atoms with Crippen LogP contribution in [0.1, 0.15) is 52.4 Å². The first-order valence-corrected chi connectivity index (χ1v) is 6.61. The van der Waals surface area contributed by atoms with E-state index in [0.29, 0.717) is 19.3 Å². The third kappa shape index (κ3) is 2.68. The number of likely N-dealkylation sites (tertiary alicyclic amines) is 1. The molecule has 4 heteroatoms. The lowest BCUT2D eigenvalue weighted by Gasteiger charge is -2.41. The van der Waals surface area contributed by atoms with Crippen LogP contribution >= 0.6 is 0 Å². The van der Waals surface area contributed by atoms with Gasteiger partial charge in [0.25, 0.3) is 0 Å². The average molecular weight is 241 g/mol. The van der Waals surface area contributed by atoms with E-state index in [1.807, 2.05) is 11.8 Å². The van der Waals surface area contributed by atoms with Gasteiger partial charge in [-0.3, -0.25) is 9.69 Å². The van der Waals surface area contributed by atoms with E-state index in [1.54, 1.807) is 6.92 Å². The number of rotatable bonds is 6. The van der Waals surface area contributed by atoms with Gasteiger partial charge in [0.2, 0.25) is 0 Å². The quantitative estimate of drug-likeness (QED) is 0.723. The van der Waals surface area contributed by atoms with Gasteiger partial charge >= 0.3 is 5.97 Å². The molecule has 17 heavy (non-hydrogen) atoms. The van der Waals surface area contributed by atoms with Gasteiger partial charge in [-0.05, 0) is 32.4 Å². The Kier molecular flexibility index (Phi) is 5.12. The molecule has 0 aliphatic carbocycles. The molecular formula is C13H23NO3. The predicted molar refractivity (Wildman–Crippen MR) is 66.0 cm³/mol. The number of hydrogen-bond acceptors (Lipinski definition) is 3. The summed E-state index contributed by atoms with van der Waals surface area (Å²) in [5, 5.41) is 9.55. The van der Waals surface area contributed by atoms with Crippen molar-refractivity contribution in [2.75, 3.05) is 13.1 Å². The van der Waals surface area contributed by atoms with E-state index in [4.69, 9.17) is 0 Å². The van der Waals surface area contributed by atoms with Gasteiger partial charge in [-0.25, -0.2) is 4.79 Å². The zero-order valence-corrected chi connectivity index (χ0v) is 10.9. The monoisotopic (exact) mass is 241 g/mol. The second kappa shape index (κ2) is 6.15. The summed E-state index contributed by atoms with van der Waals surface area (Å²) in [6.45, 7) is 5.15. The van der Waals surface area contributed by atoms with Crippen LogP contribution in [0.25, 0.3) is 0 Å². The highest BCUT2D eigenvalue weighted by molar-refractivity contribution is 6.07. The number of piperidine rings is 1. The van der Waals surface area contributed by atoms with Crippen LogP contribution in [0.3, 0.4) is 0 Å². The maximum Gasteiger partial charge on any atom is 0.331 e. The van der Waals surface area contributed by atoms with Crippen LogP contribution in [-0.2, 0) is 9.59 Å². The van der Waals surface area contributed by atoms with Crippen molar-refractivity contribution in [1.82, 2.24) is 4.90 Å². The summed E-state index contributed by atoms with van der Waals surface area (Å²) in [6, 6.07) is 0. The van der Waals surface area contributed by atoms with Crippen LogP contribution in [-0.4, -0.2) is 40.4 Å². The molecule has 1 aliphatic heterocycles. The SMILES string of the molecule is CCCC(C(=O)O)(C(=O)CC)N1CCCCC1. The van der Waals surface area contributed by atoms with Crippen molar-refractivity contribution in [3.63, 3.8) is 0 Å². The predicted octanol–water partition coefficient (Wildman–Crippen LogP) is 2.07. The van der Waals surface area contributed by atoms with Crippen molar-refractivity contribution in [1.29, 1.82) is 0 Å². The number of Topliss-reactive ketones (excluding diaryl/α,β-unsaturated/α-hetero) is 1. The van der Waals surface area contributed by atoms with E-state index in [9.17, 15) is 14.7 Å². The van der Waals surface area contributed by atoms with Crippen LogP contribution in [0.15, 0.2) is 0 Å². The smallest absolute Gasteiger partial charge is 0.331 e. The molecule has 1 aliphatic rings. The van der Waals surface area contributed by atoms with Crippen LogP contribution in [0.2, 0.25) is 0 Å². The highest BCUT2D eigenvalue weighted by atomic mass is 16.4. The van der Waals surface area contributed by atoms with E-state index >= 15 is 0 Å². The van der Waals surface area contributed by atoms with Crippen LogP contribution < -0.4 is 0 Å². The first-order valence-electron chi connectivity index (χ1n) is 6.61. The van der Waals surface area contributed by atoms with Gasteiger partial charge in [0.15, 0.2) is 11.3 Å². The molecule has 1 atom stereocenters. The first-order chi connectivity index (χ1) is 8.09. The van der Waals surface area contributed by atoms with Gasteiger partial charge in [0.1, 0.15) is 0 Å². The van der Waals surface area contributed by atoms with Gasteiger partial charge in [-0.15, -0.1) is 0 Å². The number of carboxylic acids is 1. The lowest BCUT2D eigenvalue weighted by Crippen LogP contribution is -2.61. The van der Waals surface area contributed by atoms with Crippen molar-refractivity contribution >= 4 is 11.8 Å². The third-order valence-electron chi connectivity index (χ3n) is 3.64. The highest BCUT2D eigenvalue weighted by Gasteiger charge is 2.49. The maximum absolute atomic E-state index is 12.1. The fraction of sp³-hybridized carbons (Fsp3) is 0.846. The molecule has 1 rings (SSSR count). The lowest BCUT2D eigenvalue weighted by atomic mass is 9.84. The first kappa shape index (κ1) is 14.2. The number of hydrogen-bond donors (Lipinski definition) is 1. The standard InChI is InChI=1S/C13H23NO3/c1-3-8-13(12(16)17,11(15)4-2)14-9-6-5-7-10-14/h3-10H2,1-2H3,(H,16,17). The molecule has 1 saturated heterocycles. The molecule has 0 saturated carbocycles. The van der Waals surface area contributed by atoms with Gasteiger partial charge in [-0.2, -0.15) is 0 Å². The fourth-order valence-corrected chi connectivity index (χ4v) is 2.77. The average Bonchev–Trinajstić information content (AvgIpc) is 2.35. The molecule has 4 nitrogen and oxygen atoms in total. The highest BCUT2D eigenvalue weighted by Crippen LogP contribution is 2.28. The molecular weight excluding hydrogens is 218 g/mol. The summed E-state index contributed by atoms with van der Waals surface area (Å²) < 4.78 is 0. The summed E-state index contributed by atoms with van der Waals surface area (Å²) in [5.41, 5.74) is -1.26. The van der Waals surface area contributed by atoms with Crippen molar-refractivity contribution in [3.8, 4) is 0 Å². The number of aliphatic carboxylic acids is 1. The van der Waals surface area contributed by atoms with Crippen molar-refractivity contribution in [2.45, 2.75) is 57.9 Å². The van der Waals surface area contributed by atoms with Crippen LogP contribution in [0, 0.1) is 0 Å². The van der Waals surface area contributed by atoms with Gasteiger partial charge in [0.05, 0.1) is 0 Å². The summed E-state index contributed by atoms with van der Waals surface area (Å²) in [7, 11) is 0. The van der Waals surface area contributed by atoms with Gasteiger partial charge in [0, 0.05) is 6.42 Å². The van der Waals surface area contributed by atoms with E-state index in [-0.39, 0.29) is 5.78 Å². The second-order valence-electron chi connectivity index (χ2n) is 4.74. The van der Waals surface area contributed by atoms with Crippen molar-refractivity contribution in [2.24, 2.45) is 0 Å². The Balaban J connectivity index is 3.03. The zero-order valence-electron chi connectivity index (χ0n) is 10.9. The van der Waals surface area contributed by atoms with Crippen molar-refractivity contribution in [3.05, 3.63) is 0 Å². The number of carbonyl (C=O) groups is 2. The van der Waals surface area contributed by atoms with E-state index < -0.39 is 11.5 Å². The summed E-state index contributed by atoms with van der Waals surface area (Å²) in [6.07, 6.45) is 4.57. The molecule has 0 radical (unpaired) electrons. The fourth-order valence-electron chi connectivity index (χ4n) is 2.77. The molecule has 0 aromatic rings. The van der Waals surface area contributed by atoms with E-state index in [1.165, 1.54) is 0 Å². The second-order valence-corrected chi connectivity index (χ2v) is 4.74. The van der Waals surface area contributed by atoms with Gasteiger partial charge < -0.3 is 5.11 Å². The zero-order chi connectivity index (χ0) is 12.9. The number of carboxylic acid groups (broad SMARTS) is 1. The van der Waals surface area contributed by atoms with Crippen LogP contribution in [0.4, 0.5) is 0 Å². The minimum Gasteiger partial charge on any atom is -0.480 e. The summed E-state index contributed by atoms with van der Waals surface area (Å²) in [4.78, 5) is 25.7. The molecule has 1 fully saturated rings. The van der Waals surface area contributed by atoms with Crippen molar-refractivity contribution < 1.29 is 14.7 Å². The lowest BCUT2D eigenvalue weighted by molar-refractivity contribution is -0.159. The summed E-state index contributed by atoms with van der Waals surface area (Å²) >= 11 is 0. The Labute approximate surface area is 103 Å². The molecule has 1 N–H and O–H groups in total. The number of nitrogens with zero attached hydrogens (tertiary/aromatic N) is 1. The molecule has 0 amide bonds. The Morgan fingerprint density at radius 1 is 1.18 bits per heavy atom. The molecule has 0 spiro atoms. The van der Waals surface area contributed by atoms with E-state index in [2.05, 4.69) is 0 Å². The molecule has 0 bridgehead atoms. The Hall–Kier alpha value is -0.900. The Bertz CT molecular complexity index is 284. The topological polar surface area (TPSA) is 57.6 Å². The van der Waals surface area contributed by atoms with Gasteiger partial charge in [-0.1, -0.05) is 26.7 Å². The number of carbonyl (C=O) groups excluding carboxylic acids is 1. The summed E-state index contributed by atoms with van der Waals surface area (Å²) in [5.74, 6) is -1.11. The molecule has 1 unspecified atom stereocenters. The molecule has 0 aromatic heterocycles. The molecule has 1 heterocycles. The minimum atomic E-state index is -1.26. The third-order valence-corrected chi connectivity index (χ3v) is 3.64. The number of ketones is 1.